The molecule has 0 fully saturated rings. The SMILES string of the molecule is CCN(CC)c1ccc(-n2nc(-c3ccccc3)c(-c3ccccc3)n2)cc1. The average Bonchev–Trinajstić information content (AvgIpc) is 3.22. The van der Waals surface area contributed by atoms with E-state index in [1.165, 1.54) is 5.69 Å². The molecule has 0 saturated carbocycles. The molecule has 0 unspecified atom stereocenters. The third-order valence-corrected chi connectivity index (χ3v) is 4.92. The van der Waals surface area contributed by atoms with Crippen LogP contribution in [0.5, 0.6) is 0 Å². The fourth-order valence-corrected chi connectivity index (χ4v) is 3.39. The first kappa shape index (κ1) is 18.0. The van der Waals surface area contributed by atoms with E-state index in [4.69, 9.17) is 10.2 Å². The summed E-state index contributed by atoms with van der Waals surface area (Å²) in [5.74, 6) is 0. The Morgan fingerprint density at radius 1 is 0.643 bits per heavy atom. The van der Waals surface area contributed by atoms with Crippen LogP contribution in [0.1, 0.15) is 13.8 Å². The first-order valence-corrected chi connectivity index (χ1v) is 9.73. The van der Waals surface area contributed by atoms with Crippen LogP contribution in [0, 0.1) is 0 Å². The molecule has 0 saturated heterocycles. The molecule has 0 atom stereocenters. The Bertz CT molecular complexity index is 960. The molecule has 4 rings (SSSR count). The third-order valence-electron chi connectivity index (χ3n) is 4.92. The topological polar surface area (TPSA) is 34.0 Å². The molecule has 4 nitrogen and oxygen atoms in total. The zero-order valence-electron chi connectivity index (χ0n) is 16.3. The van der Waals surface area contributed by atoms with Gasteiger partial charge in [-0.25, -0.2) is 0 Å². The lowest BCUT2D eigenvalue weighted by Gasteiger charge is -2.20. The Morgan fingerprint density at radius 2 is 1.11 bits per heavy atom. The highest BCUT2D eigenvalue weighted by Crippen LogP contribution is 2.29. The zero-order chi connectivity index (χ0) is 19.3. The smallest absolute Gasteiger partial charge is 0.121 e. The van der Waals surface area contributed by atoms with Crippen LogP contribution in [0.15, 0.2) is 84.9 Å². The summed E-state index contributed by atoms with van der Waals surface area (Å²) < 4.78 is 0. The van der Waals surface area contributed by atoms with Crippen molar-refractivity contribution < 1.29 is 0 Å². The maximum absolute atomic E-state index is 4.83. The molecule has 3 aromatic carbocycles. The van der Waals surface area contributed by atoms with Crippen LogP contribution in [0.3, 0.4) is 0 Å². The summed E-state index contributed by atoms with van der Waals surface area (Å²) in [5.41, 5.74) is 6.07. The summed E-state index contributed by atoms with van der Waals surface area (Å²) in [7, 11) is 0. The Labute approximate surface area is 166 Å². The fraction of sp³-hybridized carbons (Fsp3) is 0.167. The molecule has 0 aliphatic heterocycles. The van der Waals surface area contributed by atoms with Gasteiger partial charge in [0.25, 0.3) is 0 Å². The molecule has 0 aliphatic rings. The normalized spacial score (nSPS) is 10.8. The number of anilines is 1. The lowest BCUT2D eigenvalue weighted by molar-refractivity contribution is 0.755. The van der Waals surface area contributed by atoms with E-state index in [2.05, 4.69) is 67.3 Å². The van der Waals surface area contributed by atoms with Gasteiger partial charge in [0, 0.05) is 29.9 Å². The van der Waals surface area contributed by atoms with E-state index in [9.17, 15) is 0 Å². The number of rotatable bonds is 6. The molecule has 4 heteroatoms. The van der Waals surface area contributed by atoms with E-state index in [1.54, 1.807) is 4.80 Å². The van der Waals surface area contributed by atoms with Crippen molar-refractivity contribution in [2.45, 2.75) is 13.8 Å². The van der Waals surface area contributed by atoms with Crippen LogP contribution in [0.2, 0.25) is 0 Å². The second-order valence-electron chi connectivity index (χ2n) is 6.61. The summed E-state index contributed by atoms with van der Waals surface area (Å²) >= 11 is 0. The van der Waals surface area contributed by atoms with Gasteiger partial charge in [0.2, 0.25) is 0 Å². The van der Waals surface area contributed by atoms with E-state index in [1.807, 2.05) is 36.4 Å². The predicted molar refractivity (Wildman–Crippen MR) is 116 cm³/mol. The minimum atomic E-state index is 0.889. The second kappa shape index (κ2) is 8.09. The number of aromatic nitrogens is 3. The first-order chi connectivity index (χ1) is 13.8. The van der Waals surface area contributed by atoms with Crippen LogP contribution < -0.4 is 4.90 Å². The van der Waals surface area contributed by atoms with Crippen molar-refractivity contribution in [3.05, 3.63) is 84.9 Å². The minimum absolute atomic E-state index is 0.889. The molecule has 0 spiro atoms. The second-order valence-corrected chi connectivity index (χ2v) is 6.61. The third kappa shape index (κ3) is 3.54. The Balaban J connectivity index is 1.78. The molecule has 0 bridgehead atoms. The highest BCUT2D eigenvalue weighted by Gasteiger charge is 2.16. The summed E-state index contributed by atoms with van der Waals surface area (Å²) in [4.78, 5) is 4.06. The van der Waals surface area contributed by atoms with E-state index >= 15 is 0 Å². The monoisotopic (exact) mass is 368 g/mol. The van der Waals surface area contributed by atoms with Gasteiger partial charge in [-0.15, -0.1) is 10.2 Å². The Morgan fingerprint density at radius 3 is 1.54 bits per heavy atom. The van der Waals surface area contributed by atoms with Crippen LogP contribution in [-0.4, -0.2) is 28.1 Å². The molecule has 1 heterocycles. The highest BCUT2D eigenvalue weighted by atomic mass is 15.5. The van der Waals surface area contributed by atoms with Crippen molar-refractivity contribution in [1.29, 1.82) is 0 Å². The quantitative estimate of drug-likeness (QED) is 0.454. The molecule has 1 aromatic heterocycles. The Kier molecular flexibility index (Phi) is 5.20. The number of benzene rings is 3. The van der Waals surface area contributed by atoms with E-state index in [0.717, 1.165) is 41.3 Å². The minimum Gasteiger partial charge on any atom is -0.372 e. The molecular formula is C24H24N4. The van der Waals surface area contributed by atoms with Gasteiger partial charge in [0.05, 0.1) is 5.69 Å². The van der Waals surface area contributed by atoms with Gasteiger partial charge in [-0.1, -0.05) is 60.7 Å². The summed E-state index contributed by atoms with van der Waals surface area (Å²) in [6, 6.07) is 28.9. The van der Waals surface area contributed by atoms with Crippen molar-refractivity contribution in [2.75, 3.05) is 18.0 Å². The predicted octanol–water partition coefficient (Wildman–Crippen LogP) is 5.45. The van der Waals surface area contributed by atoms with Gasteiger partial charge in [-0.05, 0) is 38.1 Å². The Hall–Kier alpha value is -3.40. The molecule has 0 radical (unpaired) electrons. The molecular weight excluding hydrogens is 344 g/mol. The molecule has 0 amide bonds. The van der Waals surface area contributed by atoms with E-state index in [0.29, 0.717) is 0 Å². The number of nitrogens with zero attached hydrogens (tertiary/aromatic N) is 4. The lowest BCUT2D eigenvalue weighted by atomic mass is 10.1. The molecule has 4 aromatic rings. The van der Waals surface area contributed by atoms with Crippen molar-refractivity contribution in [3.63, 3.8) is 0 Å². The average molecular weight is 368 g/mol. The zero-order valence-corrected chi connectivity index (χ0v) is 16.3. The lowest BCUT2D eigenvalue weighted by Crippen LogP contribution is -2.21. The van der Waals surface area contributed by atoms with Gasteiger partial charge in [0.15, 0.2) is 0 Å². The molecule has 0 N–H and O–H groups in total. The van der Waals surface area contributed by atoms with Crippen molar-refractivity contribution in [1.82, 2.24) is 15.0 Å². The first-order valence-electron chi connectivity index (χ1n) is 9.73. The maximum atomic E-state index is 4.83. The van der Waals surface area contributed by atoms with Gasteiger partial charge in [-0.2, -0.15) is 4.80 Å². The van der Waals surface area contributed by atoms with Crippen molar-refractivity contribution >= 4 is 5.69 Å². The number of hydrogen-bond acceptors (Lipinski definition) is 3. The number of hydrogen-bond donors (Lipinski definition) is 0. The van der Waals surface area contributed by atoms with Gasteiger partial charge in [0.1, 0.15) is 11.4 Å². The summed E-state index contributed by atoms with van der Waals surface area (Å²) in [5, 5.41) is 9.67. The highest BCUT2D eigenvalue weighted by molar-refractivity contribution is 5.77. The van der Waals surface area contributed by atoms with E-state index < -0.39 is 0 Å². The van der Waals surface area contributed by atoms with Crippen molar-refractivity contribution in [2.24, 2.45) is 0 Å². The fourth-order valence-electron chi connectivity index (χ4n) is 3.39. The van der Waals surface area contributed by atoms with Gasteiger partial charge < -0.3 is 4.90 Å². The molecule has 140 valence electrons. The standard InChI is InChI=1S/C24H24N4/c1-3-27(4-2)21-15-17-22(18-16-21)28-25-23(19-11-7-5-8-12-19)24(26-28)20-13-9-6-10-14-20/h5-18H,3-4H2,1-2H3. The largest absolute Gasteiger partial charge is 0.372 e. The van der Waals surface area contributed by atoms with Crippen molar-refractivity contribution in [3.8, 4) is 28.2 Å². The van der Waals surface area contributed by atoms with Crippen LogP contribution >= 0.6 is 0 Å². The van der Waals surface area contributed by atoms with Crippen LogP contribution in [-0.2, 0) is 0 Å². The molecule has 28 heavy (non-hydrogen) atoms. The summed E-state index contributed by atoms with van der Waals surface area (Å²) in [6.07, 6.45) is 0. The van der Waals surface area contributed by atoms with Gasteiger partial charge in [-0.3, -0.25) is 0 Å². The van der Waals surface area contributed by atoms with Crippen LogP contribution in [0.25, 0.3) is 28.2 Å². The van der Waals surface area contributed by atoms with Gasteiger partial charge >= 0.3 is 0 Å². The maximum Gasteiger partial charge on any atom is 0.121 e. The van der Waals surface area contributed by atoms with E-state index in [-0.39, 0.29) is 0 Å². The molecule has 0 aliphatic carbocycles. The van der Waals surface area contributed by atoms with Crippen LogP contribution in [0.4, 0.5) is 5.69 Å². The summed E-state index contributed by atoms with van der Waals surface area (Å²) in [6.45, 7) is 6.33.